The molecule has 6 nitrogen and oxygen atoms in total. The van der Waals surface area contributed by atoms with Gasteiger partial charge in [0.15, 0.2) is 0 Å². The predicted octanol–water partition coefficient (Wildman–Crippen LogP) is 6.05. The van der Waals surface area contributed by atoms with E-state index in [1.54, 1.807) is 12.3 Å². The third-order valence-electron chi connectivity index (χ3n) is 7.24. The average molecular weight is 499 g/mol. The van der Waals surface area contributed by atoms with Gasteiger partial charge in [-0.15, -0.1) is 11.3 Å². The lowest BCUT2D eigenvalue weighted by Crippen LogP contribution is -2.27. The smallest absolute Gasteiger partial charge is 0.382 e. The number of hydrogen-bond acceptors (Lipinski definition) is 6. The molecule has 0 bridgehead atoms. The van der Waals surface area contributed by atoms with E-state index >= 15 is 0 Å². The van der Waals surface area contributed by atoms with Crippen molar-refractivity contribution in [3.8, 4) is 11.3 Å². The van der Waals surface area contributed by atoms with Crippen LogP contribution in [-0.2, 0) is 6.42 Å². The summed E-state index contributed by atoms with van der Waals surface area (Å²) in [5.74, 6) is 0.766. The Kier molecular flexibility index (Phi) is 5.43. The second kappa shape index (κ2) is 8.51. The summed E-state index contributed by atoms with van der Waals surface area (Å²) in [6.45, 7) is 1.74. The van der Waals surface area contributed by atoms with Crippen LogP contribution in [0.5, 0.6) is 0 Å². The molecule has 2 N–H and O–H groups in total. The van der Waals surface area contributed by atoms with Crippen molar-refractivity contribution in [3.63, 3.8) is 0 Å². The number of fused-ring (bicyclic) bond motifs is 1. The molecule has 0 unspecified atom stereocenters. The monoisotopic (exact) mass is 498 g/mol. The molecule has 1 saturated heterocycles. The lowest BCUT2D eigenvalue weighted by molar-refractivity contribution is -0.126. The number of rotatable bonds is 5. The molecule has 10 heteroatoms. The van der Waals surface area contributed by atoms with E-state index in [2.05, 4.69) is 54.6 Å². The molecule has 6 rings (SSSR count). The molecule has 1 aliphatic heterocycles. The van der Waals surface area contributed by atoms with Crippen LogP contribution in [0.4, 0.5) is 24.7 Å². The first-order valence-corrected chi connectivity index (χ1v) is 12.6. The molecular formula is C25H25F3N6S. The molecule has 2 fully saturated rings. The molecule has 0 radical (unpaired) electrons. The Morgan fingerprint density at radius 2 is 2.00 bits per heavy atom. The molecule has 2 aliphatic rings. The van der Waals surface area contributed by atoms with Crippen LogP contribution in [-0.4, -0.2) is 45.5 Å². The van der Waals surface area contributed by atoms with Crippen LogP contribution < -0.4 is 10.2 Å². The molecule has 1 aliphatic carbocycles. The number of halogens is 3. The summed E-state index contributed by atoms with van der Waals surface area (Å²) in [5.41, 5.74) is 3.41. The number of thiophene rings is 1. The van der Waals surface area contributed by atoms with E-state index < -0.39 is 12.6 Å². The van der Waals surface area contributed by atoms with Gasteiger partial charge in [0.2, 0.25) is 0 Å². The van der Waals surface area contributed by atoms with Crippen molar-refractivity contribution in [1.29, 1.82) is 0 Å². The SMILES string of the molecule is FC(F)(F)Cc1cc2c(N3CC[C@]4(CC[C@H](Nc5ccc(-c6ccn[nH]6)cc5)C4)C3)ncnc2s1. The van der Waals surface area contributed by atoms with Crippen LogP contribution in [0.3, 0.4) is 0 Å². The van der Waals surface area contributed by atoms with Crippen LogP contribution in [0.15, 0.2) is 48.9 Å². The summed E-state index contributed by atoms with van der Waals surface area (Å²) in [6.07, 6.45) is 2.44. The third-order valence-corrected chi connectivity index (χ3v) is 8.28. The summed E-state index contributed by atoms with van der Waals surface area (Å²) < 4.78 is 38.7. The number of H-pyrrole nitrogens is 1. The molecule has 4 aromatic rings. The van der Waals surface area contributed by atoms with E-state index in [-0.39, 0.29) is 10.3 Å². The predicted molar refractivity (Wildman–Crippen MR) is 132 cm³/mol. The first kappa shape index (κ1) is 22.3. The Labute approximate surface area is 204 Å². The van der Waals surface area contributed by atoms with E-state index in [0.29, 0.717) is 10.9 Å². The van der Waals surface area contributed by atoms with Gasteiger partial charge in [0, 0.05) is 35.9 Å². The first-order chi connectivity index (χ1) is 16.9. The van der Waals surface area contributed by atoms with Gasteiger partial charge in [0.1, 0.15) is 17.0 Å². The summed E-state index contributed by atoms with van der Waals surface area (Å²) in [4.78, 5) is 11.9. The molecule has 4 heterocycles. The number of nitrogens with one attached hydrogen (secondary N) is 2. The largest absolute Gasteiger partial charge is 0.393 e. The van der Waals surface area contributed by atoms with Gasteiger partial charge in [0.25, 0.3) is 0 Å². The summed E-state index contributed by atoms with van der Waals surface area (Å²) in [5, 5.41) is 11.4. The van der Waals surface area contributed by atoms with Crippen LogP contribution in [0.25, 0.3) is 21.5 Å². The van der Waals surface area contributed by atoms with E-state index in [4.69, 9.17) is 0 Å². The van der Waals surface area contributed by atoms with E-state index in [0.717, 1.165) is 78.3 Å². The Bertz CT molecular complexity index is 1320. The highest BCUT2D eigenvalue weighted by Gasteiger charge is 2.44. The van der Waals surface area contributed by atoms with Crippen LogP contribution in [0.2, 0.25) is 0 Å². The fraction of sp³-hybridized carbons (Fsp3) is 0.400. The minimum atomic E-state index is -4.22. The van der Waals surface area contributed by atoms with Gasteiger partial charge in [-0.05, 0) is 60.9 Å². The number of hydrogen-bond donors (Lipinski definition) is 2. The molecule has 2 atom stereocenters. The number of alkyl halides is 3. The topological polar surface area (TPSA) is 69.7 Å². The van der Waals surface area contributed by atoms with Crippen molar-refractivity contribution < 1.29 is 13.2 Å². The summed E-state index contributed by atoms with van der Waals surface area (Å²) in [6, 6.07) is 12.4. The molecule has 1 saturated carbocycles. The Morgan fingerprint density at radius 1 is 1.14 bits per heavy atom. The molecular weight excluding hydrogens is 473 g/mol. The zero-order chi connectivity index (χ0) is 24.0. The number of nitrogens with zero attached hydrogens (tertiary/aromatic N) is 4. The molecule has 1 spiro atoms. The highest BCUT2D eigenvalue weighted by atomic mass is 32.1. The highest BCUT2D eigenvalue weighted by Crippen LogP contribution is 2.48. The van der Waals surface area contributed by atoms with Crippen molar-refractivity contribution in [2.24, 2.45) is 5.41 Å². The van der Waals surface area contributed by atoms with Crippen molar-refractivity contribution >= 4 is 33.1 Å². The summed E-state index contributed by atoms with van der Waals surface area (Å²) in [7, 11) is 0. The van der Waals surface area contributed by atoms with Gasteiger partial charge < -0.3 is 10.2 Å². The maximum atomic E-state index is 12.9. The van der Waals surface area contributed by atoms with Crippen molar-refractivity contribution in [3.05, 3.63) is 53.8 Å². The fourth-order valence-corrected chi connectivity index (χ4v) is 6.67. The van der Waals surface area contributed by atoms with Crippen molar-refractivity contribution in [1.82, 2.24) is 20.2 Å². The molecule has 182 valence electrons. The first-order valence-electron chi connectivity index (χ1n) is 11.8. The Balaban J connectivity index is 1.13. The normalized spacial score (nSPS) is 22.5. The van der Waals surface area contributed by atoms with Crippen LogP contribution >= 0.6 is 11.3 Å². The summed E-state index contributed by atoms with van der Waals surface area (Å²) >= 11 is 1.11. The van der Waals surface area contributed by atoms with Gasteiger partial charge in [-0.2, -0.15) is 18.3 Å². The maximum Gasteiger partial charge on any atom is 0.393 e. The second-order valence-electron chi connectivity index (χ2n) is 9.72. The van der Waals surface area contributed by atoms with Gasteiger partial charge in [-0.3, -0.25) is 5.10 Å². The number of aromatic nitrogens is 4. The maximum absolute atomic E-state index is 12.9. The van der Waals surface area contributed by atoms with E-state index in [9.17, 15) is 13.2 Å². The molecule has 35 heavy (non-hydrogen) atoms. The van der Waals surface area contributed by atoms with Gasteiger partial charge in [-0.1, -0.05) is 12.1 Å². The number of anilines is 2. The lowest BCUT2D eigenvalue weighted by Gasteiger charge is -2.25. The minimum absolute atomic E-state index is 0.204. The number of aromatic amines is 1. The van der Waals surface area contributed by atoms with Crippen molar-refractivity contribution in [2.75, 3.05) is 23.3 Å². The Hall–Kier alpha value is -3.14. The standard InChI is InChI=1S/C25H25F3N6S/c26-25(27,28)13-19-11-20-22(29-15-30-23(20)35-19)34-10-8-24(14-34)7-5-18(12-24)32-17-3-1-16(2-4-17)21-6-9-31-33-21/h1-4,6,9,11,15,18,32H,5,7-8,10,12-14H2,(H,31,33)/t18-,24-/m0/s1. The second-order valence-corrected chi connectivity index (χ2v) is 10.8. The molecule has 0 amide bonds. The van der Waals surface area contributed by atoms with Crippen molar-refractivity contribution in [2.45, 2.75) is 44.3 Å². The van der Waals surface area contributed by atoms with Gasteiger partial charge in [-0.25, -0.2) is 9.97 Å². The van der Waals surface area contributed by atoms with Gasteiger partial charge >= 0.3 is 6.18 Å². The van der Waals surface area contributed by atoms with E-state index in [1.165, 1.54) is 6.33 Å². The van der Waals surface area contributed by atoms with Crippen LogP contribution in [0.1, 0.15) is 30.6 Å². The molecule has 1 aromatic carbocycles. The van der Waals surface area contributed by atoms with E-state index in [1.807, 2.05) is 6.07 Å². The molecule has 3 aromatic heterocycles. The average Bonchev–Trinajstić information content (AvgIpc) is 3.61. The zero-order valence-corrected chi connectivity index (χ0v) is 19.8. The zero-order valence-electron chi connectivity index (χ0n) is 19.0. The van der Waals surface area contributed by atoms with Crippen LogP contribution in [0, 0.1) is 5.41 Å². The quantitative estimate of drug-likeness (QED) is 0.351. The number of benzene rings is 1. The minimum Gasteiger partial charge on any atom is -0.382 e. The Morgan fingerprint density at radius 3 is 2.77 bits per heavy atom. The van der Waals surface area contributed by atoms with Gasteiger partial charge in [0.05, 0.1) is 17.5 Å². The highest BCUT2D eigenvalue weighted by molar-refractivity contribution is 7.18. The lowest BCUT2D eigenvalue weighted by atomic mass is 9.85. The fourth-order valence-electron chi connectivity index (χ4n) is 5.65. The third kappa shape index (κ3) is 4.59.